The average molecular weight is 284 g/mol. The fraction of sp³-hybridized carbons (Fsp3) is 0.615. The lowest BCUT2D eigenvalue weighted by Gasteiger charge is -2.37. The standard InChI is InChI=1S/C13H20N2O3S/c1-9(14)13(17)15-4-5-18-8-10(15)7-11(16)12-3-2-6-19-12/h2-3,6,9-11,16H,4-5,7-8,14H2,1H3. The molecule has 0 saturated carbocycles. The zero-order valence-electron chi connectivity index (χ0n) is 11.0. The van der Waals surface area contributed by atoms with Crippen molar-refractivity contribution in [1.29, 1.82) is 0 Å². The molecule has 0 aliphatic carbocycles. The molecule has 1 fully saturated rings. The molecule has 6 heteroatoms. The second-order valence-corrected chi connectivity index (χ2v) is 5.80. The van der Waals surface area contributed by atoms with Crippen molar-refractivity contribution in [3.8, 4) is 0 Å². The van der Waals surface area contributed by atoms with E-state index in [0.717, 1.165) is 4.88 Å². The maximum atomic E-state index is 12.0. The van der Waals surface area contributed by atoms with Gasteiger partial charge in [0.15, 0.2) is 0 Å². The molecule has 1 saturated heterocycles. The predicted octanol–water partition coefficient (Wildman–Crippen LogP) is 0.746. The molecule has 106 valence electrons. The Kier molecular flexibility index (Phi) is 4.93. The van der Waals surface area contributed by atoms with Gasteiger partial charge >= 0.3 is 0 Å². The summed E-state index contributed by atoms with van der Waals surface area (Å²) in [5, 5.41) is 12.1. The minimum atomic E-state index is -0.560. The quantitative estimate of drug-likeness (QED) is 0.855. The van der Waals surface area contributed by atoms with Gasteiger partial charge in [-0.05, 0) is 18.4 Å². The summed E-state index contributed by atoms with van der Waals surface area (Å²) in [6.45, 7) is 3.22. The molecule has 0 radical (unpaired) electrons. The Hall–Kier alpha value is -0.950. The fourth-order valence-corrected chi connectivity index (χ4v) is 2.98. The topological polar surface area (TPSA) is 75.8 Å². The molecule has 0 spiro atoms. The van der Waals surface area contributed by atoms with Gasteiger partial charge in [-0.25, -0.2) is 0 Å². The van der Waals surface area contributed by atoms with Crippen molar-refractivity contribution in [2.24, 2.45) is 5.73 Å². The molecule has 1 amide bonds. The molecule has 0 bridgehead atoms. The number of carbonyl (C=O) groups excluding carboxylic acids is 1. The summed E-state index contributed by atoms with van der Waals surface area (Å²) in [6.07, 6.45) is -0.0750. The number of amides is 1. The van der Waals surface area contributed by atoms with E-state index < -0.39 is 12.1 Å². The molecule has 2 heterocycles. The minimum Gasteiger partial charge on any atom is -0.387 e. The highest BCUT2D eigenvalue weighted by Gasteiger charge is 2.30. The number of hydrogen-bond acceptors (Lipinski definition) is 5. The van der Waals surface area contributed by atoms with Crippen molar-refractivity contribution < 1.29 is 14.6 Å². The number of aliphatic hydroxyl groups excluding tert-OH is 1. The van der Waals surface area contributed by atoms with Crippen molar-refractivity contribution in [3.63, 3.8) is 0 Å². The Labute approximate surface area is 117 Å². The highest BCUT2D eigenvalue weighted by molar-refractivity contribution is 7.10. The summed E-state index contributed by atoms with van der Waals surface area (Å²) in [7, 11) is 0. The van der Waals surface area contributed by atoms with E-state index in [0.29, 0.717) is 26.2 Å². The maximum absolute atomic E-state index is 12.0. The highest BCUT2D eigenvalue weighted by atomic mass is 32.1. The molecule has 3 N–H and O–H groups in total. The monoisotopic (exact) mass is 284 g/mol. The van der Waals surface area contributed by atoms with E-state index in [2.05, 4.69) is 0 Å². The third-order valence-corrected chi connectivity index (χ3v) is 4.24. The Balaban J connectivity index is 2.01. The van der Waals surface area contributed by atoms with Gasteiger partial charge in [-0.1, -0.05) is 6.07 Å². The van der Waals surface area contributed by atoms with Crippen molar-refractivity contribution in [3.05, 3.63) is 22.4 Å². The summed E-state index contributed by atoms with van der Waals surface area (Å²) in [5.74, 6) is -0.0771. The second-order valence-electron chi connectivity index (χ2n) is 4.82. The molecule has 1 aromatic rings. The average Bonchev–Trinajstić information content (AvgIpc) is 2.92. The number of ether oxygens (including phenoxy) is 1. The number of hydrogen-bond donors (Lipinski definition) is 2. The largest absolute Gasteiger partial charge is 0.387 e. The van der Waals surface area contributed by atoms with Gasteiger partial charge in [-0.3, -0.25) is 4.79 Å². The molecule has 1 aliphatic rings. The van der Waals surface area contributed by atoms with Crippen LogP contribution in [0.2, 0.25) is 0 Å². The Morgan fingerprint density at radius 2 is 2.53 bits per heavy atom. The van der Waals surface area contributed by atoms with Gasteiger partial charge < -0.3 is 20.5 Å². The maximum Gasteiger partial charge on any atom is 0.239 e. The minimum absolute atomic E-state index is 0.0771. The van der Waals surface area contributed by atoms with Crippen LogP contribution in [0.15, 0.2) is 17.5 Å². The van der Waals surface area contributed by atoms with Gasteiger partial charge in [0.2, 0.25) is 5.91 Å². The Bertz CT molecular complexity index is 408. The summed E-state index contributed by atoms with van der Waals surface area (Å²) in [6, 6.07) is 3.19. The molecule has 2 rings (SSSR count). The van der Waals surface area contributed by atoms with E-state index in [9.17, 15) is 9.90 Å². The number of rotatable bonds is 4. The van der Waals surface area contributed by atoms with Crippen molar-refractivity contribution in [1.82, 2.24) is 4.90 Å². The highest BCUT2D eigenvalue weighted by Crippen LogP contribution is 2.26. The third kappa shape index (κ3) is 3.54. The fourth-order valence-electron chi connectivity index (χ4n) is 2.26. The van der Waals surface area contributed by atoms with Crippen LogP contribution in [-0.4, -0.2) is 47.8 Å². The lowest BCUT2D eigenvalue weighted by molar-refractivity contribution is -0.142. The second kappa shape index (κ2) is 6.47. The van der Waals surface area contributed by atoms with Gasteiger partial charge in [-0.15, -0.1) is 11.3 Å². The predicted molar refractivity (Wildman–Crippen MR) is 73.9 cm³/mol. The van der Waals surface area contributed by atoms with Crippen LogP contribution in [0.5, 0.6) is 0 Å². The SMILES string of the molecule is CC(N)C(=O)N1CCOCC1CC(O)c1cccs1. The zero-order valence-corrected chi connectivity index (χ0v) is 11.8. The smallest absolute Gasteiger partial charge is 0.239 e. The zero-order chi connectivity index (χ0) is 13.8. The Morgan fingerprint density at radius 1 is 1.74 bits per heavy atom. The lowest BCUT2D eigenvalue weighted by atomic mass is 10.0. The number of carbonyl (C=O) groups is 1. The first-order chi connectivity index (χ1) is 9.09. The van der Waals surface area contributed by atoms with E-state index in [1.807, 2.05) is 17.5 Å². The first kappa shape index (κ1) is 14.5. The molecule has 19 heavy (non-hydrogen) atoms. The van der Waals surface area contributed by atoms with E-state index in [1.165, 1.54) is 11.3 Å². The number of thiophene rings is 1. The Morgan fingerprint density at radius 3 is 3.16 bits per heavy atom. The molecule has 3 unspecified atom stereocenters. The molecule has 1 aliphatic heterocycles. The van der Waals surface area contributed by atoms with Crippen LogP contribution in [0.4, 0.5) is 0 Å². The number of aliphatic hydroxyl groups is 1. The molecule has 3 atom stereocenters. The van der Waals surface area contributed by atoms with Gasteiger partial charge in [-0.2, -0.15) is 0 Å². The number of nitrogens with two attached hydrogens (primary N) is 1. The van der Waals surface area contributed by atoms with E-state index in [-0.39, 0.29) is 11.9 Å². The molecule has 1 aromatic heterocycles. The van der Waals surface area contributed by atoms with Gasteiger partial charge in [0.1, 0.15) is 0 Å². The first-order valence-electron chi connectivity index (χ1n) is 6.45. The molecular weight excluding hydrogens is 264 g/mol. The first-order valence-corrected chi connectivity index (χ1v) is 7.33. The van der Waals surface area contributed by atoms with Gasteiger partial charge in [0.05, 0.1) is 31.4 Å². The lowest BCUT2D eigenvalue weighted by Crippen LogP contribution is -2.53. The third-order valence-electron chi connectivity index (χ3n) is 3.27. The normalized spacial score (nSPS) is 23.1. The van der Waals surface area contributed by atoms with E-state index in [4.69, 9.17) is 10.5 Å². The molecule has 5 nitrogen and oxygen atoms in total. The van der Waals surface area contributed by atoms with Crippen LogP contribution >= 0.6 is 11.3 Å². The summed E-state index contributed by atoms with van der Waals surface area (Å²) in [5.41, 5.74) is 5.66. The van der Waals surface area contributed by atoms with Crippen molar-refractivity contribution in [2.45, 2.75) is 31.5 Å². The van der Waals surface area contributed by atoms with Crippen LogP contribution in [0.3, 0.4) is 0 Å². The van der Waals surface area contributed by atoms with Crippen LogP contribution in [0, 0.1) is 0 Å². The summed E-state index contributed by atoms with van der Waals surface area (Å²) >= 11 is 1.52. The van der Waals surface area contributed by atoms with Crippen LogP contribution < -0.4 is 5.73 Å². The van der Waals surface area contributed by atoms with E-state index >= 15 is 0 Å². The number of morpholine rings is 1. The van der Waals surface area contributed by atoms with E-state index in [1.54, 1.807) is 11.8 Å². The van der Waals surface area contributed by atoms with Crippen LogP contribution in [-0.2, 0) is 9.53 Å². The van der Waals surface area contributed by atoms with Gasteiger partial charge in [0.25, 0.3) is 0 Å². The molecule has 0 aromatic carbocycles. The van der Waals surface area contributed by atoms with Crippen molar-refractivity contribution >= 4 is 17.2 Å². The summed E-state index contributed by atoms with van der Waals surface area (Å²) < 4.78 is 5.42. The number of nitrogens with zero attached hydrogens (tertiary/aromatic N) is 1. The van der Waals surface area contributed by atoms with Crippen molar-refractivity contribution in [2.75, 3.05) is 19.8 Å². The van der Waals surface area contributed by atoms with Crippen LogP contribution in [0.25, 0.3) is 0 Å². The van der Waals surface area contributed by atoms with Gasteiger partial charge in [0, 0.05) is 17.8 Å². The summed E-state index contributed by atoms with van der Waals surface area (Å²) in [4.78, 5) is 14.7. The molecular formula is C13H20N2O3S. The van der Waals surface area contributed by atoms with Crippen LogP contribution in [0.1, 0.15) is 24.3 Å².